The second-order valence-electron chi connectivity index (χ2n) is 5.22. The third kappa shape index (κ3) is 2.93. The van der Waals surface area contributed by atoms with E-state index in [1.807, 2.05) is 0 Å². The fourth-order valence-electron chi connectivity index (χ4n) is 2.41. The fourth-order valence-corrected chi connectivity index (χ4v) is 2.41. The molecule has 0 bridgehead atoms. The van der Waals surface area contributed by atoms with Crippen molar-refractivity contribution < 1.29 is 23.8 Å². The van der Waals surface area contributed by atoms with E-state index in [9.17, 15) is 9.59 Å². The van der Waals surface area contributed by atoms with Gasteiger partial charge < -0.3 is 19.1 Å². The first kappa shape index (κ1) is 14.5. The molecule has 118 valence electrons. The van der Waals surface area contributed by atoms with Gasteiger partial charge in [0.1, 0.15) is 5.75 Å². The zero-order chi connectivity index (χ0) is 15.5. The Labute approximate surface area is 128 Å². The molecule has 0 atom stereocenters. The smallest absolute Gasteiger partial charge is 0.326 e. The van der Waals surface area contributed by atoms with E-state index in [2.05, 4.69) is 0 Å². The van der Waals surface area contributed by atoms with Gasteiger partial charge in [-0.15, -0.1) is 0 Å². The fraction of sp³-hybridized carbons (Fsp3) is 0.467. The predicted molar refractivity (Wildman–Crippen MR) is 77.0 cm³/mol. The molecule has 2 heterocycles. The number of rotatable bonds is 5. The third-order valence-corrected chi connectivity index (χ3v) is 3.66. The van der Waals surface area contributed by atoms with E-state index in [1.54, 1.807) is 30.1 Å². The minimum Gasteiger partial charge on any atom is -0.493 e. The summed E-state index contributed by atoms with van der Waals surface area (Å²) in [6.07, 6.45) is 0.963. The Morgan fingerprint density at radius 2 is 2.05 bits per heavy atom. The van der Waals surface area contributed by atoms with E-state index in [4.69, 9.17) is 14.2 Å². The van der Waals surface area contributed by atoms with Crippen LogP contribution in [0.4, 0.5) is 4.79 Å². The van der Waals surface area contributed by atoms with Crippen LogP contribution in [0.5, 0.6) is 17.2 Å². The molecule has 0 radical (unpaired) electrons. The van der Waals surface area contributed by atoms with E-state index < -0.39 is 0 Å². The number of amides is 3. The van der Waals surface area contributed by atoms with Crippen LogP contribution >= 0.6 is 0 Å². The van der Waals surface area contributed by atoms with Crippen LogP contribution in [0.3, 0.4) is 0 Å². The van der Waals surface area contributed by atoms with Gasteiger partial charge in [0.2, 0.25) is 12.7 Å². The molecule has 1 fully saturated rings. The molecular formula is C15H18N2O5. The van der Waals surface area contributed by atoms with Gasteiger partial charge >= 0.3 is 6.03 Å². The Kier molecular flexibility index (Phi) is 4.04. The van der Waals surface area contributed by atoms with Crippen molar-refractivity contribution in [3.8, 4) is 17.2 Å². The normalized spacial score (nSPS) is 17.1. The summed E-state index contributed by atoms with van der Waals surface area (Å²) in [5.41, 5.74) is 0. The van der Waals surface area contributed by atoms with Gasteiger partial charge in [0.05, 0.1) is 6.61 Å². The van der Waals surface area contributed by atoms with E-state index in [1.165, 1.54) is 4.90 Å². The van der Waals surface area contributed by atoms with Crippen LogP contribution in [0, 0.1) is 0 Å². The molecule has 0 spiro atoms. The molecule has 0 saturated carbocycles. The van der Waals surface area contributed by atoms with Crippen LogP contribution in [0.1, 0.15) is 12.8 Å². The number of imide groups is 1. The number of nitrogens with zero attached hydrogens (tertiary/aromatic N) is 2. The summed E-state index contributed by atoms with van der Waals surface area (Å²) in [5, 5.41) is 0. The van der Waals surface area contributed by atoms with Crippen molar-refractivity contribution in [3.63, 3.8) is 0 Å². The summed E-state index contributed by atoms with van der Waals surface area (Å²) < 4.78 is 16.1. The summed E-state index contributed by atoms with van der Waals surface area (Å²) >= 11 is 0. The highest BCUT2D eigenvalue weighted by Crippen LogP contribution is 2.35. The van der Waals surface area contributed by atoms with Gasteiger partial charge in [0.25, 0.3) is 0 Å². The second kappa shape index (κ2) is 6.13. The van der Waals surface area contributed by atoms with Crippen LogP contribution in [0.2, 0.25) is 0 Å². The van der Waals surface area contributed by atoms with Gasteiger partial charge in [-0.3, -0.25) is 9.69 Å². The third-order valence-electron chi connectivity index (χ3n) is 3.66. The van der Waals surface area contributed by atoms with E-state index >= 15 is 0 Å². The zero-order valence-corrected chi connectivity index (χ0v) is 12.4. The van der Waals surface area contributed by atoms with Crippen molar-refractivity contribution in [2.75, 3.05) is 33.5 Å². The molecule has 2 aliphatic rings. The number of urea groups is 1. The SMILES string of the molecule is CN1CCC(=O)N(CCCOc2ccc3c(c2)OCO3)C1=O. The first-order valence-corrected chi connectivity index (χ1v) is 7.23. The summed E-state index contributed by atoms with van der Waals surface area (Å²) in [4.78, 5) is 26.5. The number of benzene rings is 1. The lowest BCUT2D eigenvalue weighted by Gasteiger charge is -2.31. The molecule has 0 aromatic heterocycles. The Morgan fingerprint density at radius 1 is 1.23 bits per heavy atom. The predicted octanol–water partition coefficient (Wildman–Crippen LogP) is 1.47. The molecule has 7 nitrogen and oxygen atoms in total. The average Bonchev–Trinajstić information content (AvgIpc) is 2.98. The Bertz CT molecular complexity index is 589. The Hall–Kier alpha value is -2.44. The Morgan fingerprint density at radius 3 is 2.91 bits per heavy atom. The highest BCUT2D eigenvalue weighted by atomic mass is 16.7. The van der Waals surface area contributed by atoms with E-state index in [0.717, 1.165) is 0 Å². The zero-order valence-electron chi connectivity index (χ0n) is 12.4. The summed E-state index contributed by atoms with van der Waals surface area (Å²) in [5.74, 6) is 1.93. The summed E-state index contributed by atoms with van der Waals surface area (Å²) in [6.45, 7) is 1.50. The van der Waals surface area contributed by atoms with Crippen LogP contribution < -0.4 is 14.2 Å². The molecule has 3 amide bonds. The monoisotopic (exact) mass is 306 g/mol. The second-order valence-corrected chi connectivity index (χ2v) is 5.22. The molecule has 1 aromatic rings. The van der Waals surface area contributed by atoms with Crippen molar-refractivity contribution in [2.24, 2.45) is 0 Å². The first-order chi connectivity index (χ1) is 10.6. The maximum absolute atomic E-state index is 11.9. The number of ether oxygens (including phenoxy) is 3. The number of hydrogen-bond acceptors (Lipinski definition) is 5. The maximum Gasteiger partial charge on any atom is 0.326 e. The molecule has 0 aliphatic carbocycles. The van der Waals surface area contributed by atoms with Gasteiger partial charge in [-0.25, -0.2) is 4.79 Å². The van der Waals surface area contributed by atoms with E-state index in [0.29, 0.717) is 49.8 Å². The Balaban J connectivity index is 1.47. The largest absolute Gasteiger partial charge is 0.493 e. The quantitative estimate of drug-likeness (QED) is 0.771. The topological polar surface area (TPSA) is 68.3 Å². The minimum atomic E-state index is -0.237. The lowest BCUT2D eigenvalue weighted by molar-refractivity contribution is -0.130. The standard InChI is InChI=1S/C15H18N2O5/c1-16-7-5-14(18)17(15(16)19)6-2-8-20-11-3-4-12-13(9-11)22-10-21-12/h3-4,9H,2,5-8,10H2,1H3. The van der Waals surface area contributed by atoms with Crippen LogP contribution in [-0.4, -0.2) is 55.3 Å². The molecule has 1 saturated heterocycles. The van der Waals surface area contributed by atoms with Crippen molar-refractivity contribution in [2.45, 2.75) is 12.8 Å². The van der Waals surface area contributed by atoms with Gasteiger partial charge in [0.15, 0.2) is 11.5 Å². The van der Waals surface area contributed by atoms with Crippen molar-refractivity contribution in [1.82, 2.24) is 9.80 Å². The number of hydrogen-bond donors (Lipinski definition) is 0. The minimum absolute atomic E-state index is 0.119. The molecular weight excluding hydrogens is 288 g/mol. The molecule has 0 unspecified atom stereocenters. The molecule has 0 N–H and O–H groups in total. The molecule has 2 aliphatic heterocycles. The van der Waals surface area contributed by atoms with Gasteiger partial charge in [0, 0.05) is 32.6 Å². The molecule has 22 heavy (non-hydrogen) atoms. The molecule has 3 rings (SSSR count). The maximum atomic E-state index is 11.9. The van der Waals surface area contributed by atoms with E-state index in [-0.39, 0.29) is 18.7 Å². The first-order valence-electron chi connectivity index (χ1n) is 7.23. The number of carbonyl (C=O) groups excluding carboxylic acids is 2. The highest BCUT2D eigenvalue weighted by Gasteiger charge is 2.29. The van der Waals surface area contributed by atoms with Gasteiger partial charge in [-0.05, 0) is 18.6 Å². The van der Waals surface area contributed by atoms with Gasteiger partial charge in [-0.2, -0.15) is 0 Å². The van der Waals surface area contributed by atoms with Crippen molar-refractivity contribution in [1.29, 1.82) is 0 Å². The van der Waals surface area contributed by atoms with Crippen LogP contribution in [0.15, 0.2) is 18.2 Å². The van der Waals surface area contributed by atoms with Gasteiger partial charge in [-0.1, -0.05) is 0 Å². The van der Waals surface area contributed by atoms with Crippen molar-refractivity contribution >= 4 is 11.9 Å². The van der Waals surface area contributed by atoms with Crippen molar-refractivity contribution in [3.05, 3.63) is 18.2 Å². The highest BCUT2D eigenvalue weighted by molar-refractivity contribution is 5.96. The van der Waals surface area contributed by atoms with Crippen LogP contribution in [-0.2, 0) is 4.79 Å². The van der Waals surface area contributed by atoms with Crippen LogP contribution in [0.25, 0.3) is 0 Å². The summed E-state index contributed by atoms with van der Waals surface area (Å²) in [6, 6.07) is 5.13. The lowest BCUT2D eigenvalue weighted by Crippen LogP contribution is -2.51. The summed E-state index contributed by atoms with van der Waals surface area (Å²) in [7, 11) is 1.70. The molecule has 1 aromatic carbocycles. The number of carbonyl (C=O) groups is 2. The average molecular weight is 306 g/mol. The lowest BCUT2D eigenvalue weighted by atomic mass is 10.2. The number of fused-ring (bicyclic) bond motifs is 1. The molecule has 7 heteroatoms.